The minimum absolute atomic E-state index is 0.0170. The van der Waals surface area contributed by atoms with Crippen LogP contribution in [0.25, 0.3) is 32.8 Å². The summed E-state index contributed by atoms with van der Waals surface area (Å²) in [7, 11) is 0. The average Bonchev–Trinajstić information content (AvgIpc) is 4.08. The van der Waals surface area contributed by atoms with E-state index in [9.17, 15) is 24.7 Å². The van der Waals surface area contributed by atoms with Crippen LogP contribution >= 0.6 is 24.7 Å². The van der Waals surface area contributed by atoms with Gasteiger partial charge in [0, 0.05) is 10.7 Å². The summed E-state index contributed by atoms with van der Waals surface area (Å²) in [6, 6.07) is 10.2. The van der Waals surface area contributed by atoms with Crippen LogP contribution < -0.4 is 36.7 Å². The van der Waals surface area contributed by atoms with Gasteiger partial charge in [-0.25, -0.2) is 34.9 Å². The highest BCUT2D eigenvalue weighted by atomic mass is 32.7. The van der Waals surface area contributed by atoms with Gasteiger partial charge in [-0.1, -0.05) is 17.2 Å². The number of nitrogen functional groups attached to an aromatic ring is 2. The Morgan fingerprint density at radius 1 is 0.925 bits per heavy atom. The Balaban J connectivity index is 0.964. The van der Waals surface area contributed by atoms with Crippen molar-refractivity contribution >= 4 is 76.6 Å². The number of hydrogen-bond acceptors (Lipinski definition) is 21. The number of carbonyl (C=O) groups excluding carboxylic acids is 1. The zero-order valence-electron chi connectivity index (χ0n) is 34.4. The number of esters is 1. The van der Waals surface area contributed by atoms with Crippen LogP contribution in [0.3, 0.4) is 0 Å². The smallest absolute Gasteiger partial charge is 0.343 e. The molecule has 9 rings (SSSR count). The van der Waals surface area contributed by atoms with Crippen LogP contribution in [0.4, 0.5) is 11.8 Å². The maximum absolute atomic E-state index is 15.2. The Bertz CT molecular complexity index is 3010. The topological polar surface area (TPSA) is 382 Å². The van der Waals surface area contributed by atoms with Gasteiger partial charge in [0.15, 0.2) is 35.1 Å². The number of aromatic nitrogens is 8. The summed E-state index contributed by atoms with van der Waals surface area (Å²) in [5.41, 5.74) is 20.9. The highest BCUT2D eigenvalue weighted by Crippen LogP contribution is 2.59. The number of nitrogens with two attached hydrogens (primary N) is 2. The van der Waals surface area contributed by atoms with Gasteiger partial charge in [0.05, 0.1) is 56.7 Å². The van der Waals surface area contributed by atoms with Crippen LogP contribution in [0.2, 0.25) is 0 Å². The van der Waals surface area contributed by atoms with Gasteiger partial charge in [-0.3, -0.25) is 23.5 Å². The second-order valence-electron chi connectivity index (χ2n) is 15.0. The van der Waals surface area contributed by atoms with Gasteiger partial charge in [0.25, 0.3) is 12.2 Å². The minimum atomic E-state index is -4.21. The normalized spacial score (nSPS) is 28.8. The Labute approximate surface area is 385 Å². The third-order valence-corrected chi connectivity index (χ3v) is 16.4. The monoisotopic (exact) mass is 999 g/mol. The lowest BCUT2D eigenvalue weighted by Crippen LogP contribution is -2.47. The number of benzene rings is 2. The summed E-state index contributed by atoms with van der Waals surface area (Å²) in [6.45, 7) is -8.87. The molecule has 2 aromatic carbocycles. The van der Waals surface area contributed by atoms with Crippen molar-refractivity contribution in [2.75, 3.05) is 37.8 Å². The maximum Gasteiger partial charge on any atom is 0.343 e. The number of carbonyl (C=O) groups is 1. The fraction of sp³-hybridized carbons (Fsp3) is 0.361. The maximum atomic E-state index is 15.2. The molecule has 0 aliphatic carbocycles. The molecule has 27 nitrogen and oxygen atoms in total. The molecule has 3 fully saturated rings. The van der Waals surface area contributed by atoms with E-state index in [4.69, 9.17) is 56.8 Å². The number of imidazole rings is 2. The number of ether oxygens (including phenoxy) is 4. The van der Waals surface area contributed by atoms with Gasteiger partial charge in [0.1, 0.15) is 47.8 Å². The van der Waals surface area contributed by atoms with E-state index in [0.29, 0.717) is 11.3 Å². The molecule has 0 saturated carbocycles. The summed E-state index contributed by atoms with van der Waals surface area (Å²) in [5.74, 6) is -0.0254. The van der Waals surface area contributed by atoms with Crippen molar-refractivity contribution < 1.29 is 52.5 Å². The zero-order chi connectivity index (χ0) is 47.0. The van der Waals surface area contributed by atoms with E-state index in [1.165, 1.54) is 40.2 Å². The predicted molar refractivity (Wildman–Crippen MR) is 241 cm³/mol. The van der Waals surface area contributed by atoms with E-state index in [1.807, 2.05) is 0 Å². The van der Waals surface area contributed by atoms with E-state index in [1.54, 1.807) is 36.4 Å². The van der Waals surface area contributed by atoms with Gasteiger partial charge >= 0.3 is 12.7 Å². The SMILES string of the molecule is [N-]=[N+]=NCCOc1ccc(C(=O)Oc2ccc(CS[P@]3(=O)N[C@H]4[C@@H](O)[C@H](n5cnc6c(=O)[nH]c(N)nc65)O[C@@H]4COP(O)(=S)N[C@H]4[C@@H](O)[C@H](n5cnc6c(N)ncnc65)O[C@@H]4CO3)cc2)cc1. The number of fused-ring (bicyclic) bond motifs is 4. The summed E-state index contributed by atoms with van der Waals surface area (Å²) in [4.78, 5) is 62.8. The number of H-pyrrole nitrogens is 1. The van der Waals surface area contributed by atoms with E-state index in [0.717, 1.165) is 11.4 Å². The molecule has 3 aliphatic heterocycles. The number of nitrogens with one attached hydrogen (secondary N) is 3. The third kappa shape index (κ3) is 9.88. The number of aliphatic hydroxyl groups excluding tert-OH is 2. The number of anilines is 2. The molecule has 0 amide bonds. The zero-order valence-corrected chi connectivity index (χ0v) is 37.8. The Morgan fingerprint density at radius 3 is 2.27 bits per heavy atom. The quantitative estimate of drug-likeness (QED) is 0.0174. The largest absolute Gasteiger partial charge is 0.493 e. The van der Waals surface area contributed by atoms with Gasteiger partial charge in [-0.05, 0) is 70.7 Å². The molecule has 6 aromatic rings. The van der Waals surface area contributed by atoms with Crippen LogP contribution in [-0.4, -0.2) is 123 Å². The van der Waals surface area contributed by atoms with Crippen LogP contribution in [-0.2, 0) is 40.6 Å². The lowest BCUT2D eigenvalue weighted by molar-refractivity contribution is -0.0467. The molecular formula is C36H39N15O12P2S2. The Morgan fingerprint density at radius 2 is 1.57 bits per heavy atom. The first kappa shape index (κ1) is 46.5. The molecule has 352 valence electrons. The summed E-state index contributed by atoms with van der Waals surface area (Å²) in [6.07, 6.45) is -4.06. The first-order valence-electron chi connectivity index (χ1n) is 20.0. The first-order valence-corrected chi connectivity index (χ1v) is 25.9. The van der Waals surface area contributed by atoms with Crippen molar-refractivity contribution in [1.82, 2.24) is 49.2 Å². The number of aliphatic hydroxyl groups is 2. The van der Waals surface area contributed by atoms with Gasteiger partial charge in [-0.15, -0.1) is 0 Å². The number of rotatable bonds is 11. The van der Waals surface area contributed by atoms with Crippen molar-refractivity contribution in [2.24, 2.45) is 5.11 Å². The second kappa shape index (κ2) is 19.2. The van der Waals surface area contributed by atoms with Crippen molar-refractivity contribution in [3.05, 3.63) is 99.4 Å². The van der Waals surface area contributed by atoms with E-state index >= 15 is 4.57 Å². The van der Waals surface area contributed by atoms with Crippen molar-refractivity contribution in [1.29, 1.82) is 0 Å². The Kier molecular flexibility index (Phi) is 13.3. The Hall–Kier alpha value is -5.61. The fourth-order valence-corrected chi connectivity index (χ4v) is 12.9. The van der Waals surface area contributed by atoms with Crippen molar-refractivity contribution in [2.45, 2.75) is 54.7 Å². The van der Waals surface area contributed by atoms with Crippen LogP contribution in [0.5, 0.6) is 11.5 Å². The number of nitrogens with zero attached hydrogens (tertiary/aromatic N) is 10. The number of azide groups is 1. The summed E-state index contributed by atoms with van der Waals surface area (Å²) in [5, 5.41) is 32.9. The lowest BCUT2D eigenvalue weighted by atomic mass is 10.1. The molecule has 0 radical (unpaired) electrons. The standard InChI is InChI=1S/C36H39N15O12P2S2/c37-29-25-30(41-14-40-29)50(15-42-25)33-27(52)23-22(63-33)12-60-65(57,67-13-17-1-5-20(6-2-17)61-35(55)18-3-7-19(8-4-18)58-10-9-44-49-39)48-24-21(11-59-64(56,66)47-23)62-34(28(24)53)51-16-43-26-31(51)45-36(38)46-32(26)54/h1-8,14-16,21-24,27-28,33-34,52-53H,9-13H2,(H,48,57)(H2,37,40,41)(H2,47,56,66)(H3,38,45,46,54)/t21-,22-,23-,24-,27-,28-,33-,34-,64?,65+/m1/s1. The molecule has 3 saturated heterocycles. The molecule has 3 aliphatic rings. The van der Waals surface area contributed by atoms with Gasteiger partial charge in [0.2, 0.25) is 5.95 Å². The fourth-order valence-electron chi connectivity index (χ4n) is 7.52. The first-order chi connectivity index (χ1) is 32.2. The summed E-state index contributed by atoms with van der Waals surface area (Å²) < 4.78 is 53.6. The molecular weight excluding hydrogens is 961 g/mol. The summed E-state index contributed by atoms with van der Waals surface area (Å²) >= 11 is 6.35. The van der Waals surface area contributed by atoms with E-state index in [-0.39, 0.29) is 64.3 Å². The highest BCUT2D eigenvalue weighted by Gasteiger charge is 2.52. The lowest BCUT2D eigenvalue weighted by Gasteiger charge is -2.32. The van der Waals surface area contributed by atoms with Crippen LogP contribution in [0.1, 0.15) is 28.4 Å². The number of aromatic amines is 1. The van der Waals surface area contributed by atoms with E-state index < -0.39 is 87.1 Å². The van der Waals surface area contributed by atoms with Crippen molar-refractivity contribution in [3.8, 4) is 11.5 Å². The molecule has 10 N–H and O–H groups in total. The predicted octanol–water partition coefficient (Wildman–Crippen LogP) is 1.77. The molecule has 67 heavy (non-hydrogen) atoms. The van der Waals surface area contributed by atoms with Crippen LogP contribution in [0.15, 0.2) is 77.4 Å². The third-order valence-electron chi connectivity index (χ3n) is 10.7. The average molecular weight is 1000 g/mol. The number of hydrogen-bond donors (Lipinski definition) is 8. The van der Waals surface area contributed by atoms with E-state index in [2.05, 4.69) is 50.1 Å². The van der Waals surface area contributed by atoms with Gasteiger partial charge < -0.3 is 54.6 Å². The molecule has 31 heteroatoms. The molecule has 4 aromatic heterocycles. The molecule has 0 bridgehead atoms. The molecule has 10 atom stereocenters. The second-order valence-corrected chi connectivity index (χ2v) is 22.3. The van der Waals surface area contributed by atoms with Crippen LogP contribution in [0, 0.1) is 0 Å². The minimum Gasteiger partial charge on any atom is -0.493 e. The molecule has 0 spiro atoms. The highest BCUT2D eigenvalue weighted by molar-refractivity contribution is 8.55. The molecule has 1 unspecified atom stereocenters. The molecule has 7 heterocycles. The van der Waals surface area contributed by atoms with Gasteiger partial charge in [-0.2, -0.15) is 4.98 Å². The van der Waals surface area contributed by atoms with Crippen molar-refractivity contribution in [3.63, 3.8) is 0 Å².